The van der Waals surface area contributed by atoms with Crippen LogP contribution in [0.25, 0.3) is 0 Å². The van der Waals surface area contributed by atoms with Gasteiger partial charge in [-0.15, -0.1) is 6.58 Å². The van der Waals surface area contributed by atoms with Gasteiger partial charge in [0.15, 0.2) is 11.9 Å². The van der Waals surface area contributed by atoms with Gasteiger partial charge in [0.25, 0.3) is 0 Å². The monoisotopic (exact) mass is 262 g/mol. The van der Waals surface area contributed by atoms with E-state index in [-0.39, 0.29) is 17.6 Å². The number of rotatable bonds is 4. The molecule has 1 aliphatic carbocycles. The lowest BCUT2D eigenvalue weighted by atomic mass is 9.75. The summed E-state index contributed by atoms with van der Waals surface area (Å²) in [4.78, 5) is 22.9. The summed E-state index contributed by atoms with van der Waals surface area (Å²) < 4.78 is 10.4. The third-order valence-electron chi connectivity index (χ3n) is 3.57. The van der Waals surface area contributed by atoms with E-state index in [1.165, 1.54) is 6.92 Å². The van der Waals surface area contributed by atoms with Crippen LogP contribution in [0.1, 0.15) is 25.5 Å². The molecule has 4 nitrogen and oxygen atoms in total. The molecule has 1 saturated carbocycles. The van der Waals surface area contributed by atoms with Crippen LogP contribution in [-0.4, -0.2) is 17.9 Å². The highest BCUT2D eigenvalue weighted by atomic mass is 16.5. The first-order chi connectivity index (χ1) is 9.10. The molecule has 0 N–H and O–H groups in total. The van der Waals surface area contributed by atoms with Gasteiger partial charge in [0.05, 0.1) is 6.26 Å². The number of hydrogen-bond acceptors (Lipinski definition) is 4. The Morgan fingerprint density at radius 1 is 1.63 bits per heavy atom. The Labute approximate surface area is 112 Å². The van der Waals surface area contributed by atoms with Crippen molar-refractivity contribution in [3.63, 3.8) is 0 Å². The number of Topliss-reactive ketones (excluding diaryl/α,β-unsaturated/α-hetero) is 1. The standard InChI is InChI=1S/C15H18O4/c1-3-11-8-14(17)15(19-10(2)16)9-12(11)7-13-5-4-6-18-13/h3-6,11-12,15H,1,7-9H2,2H3/t11-,12-,15+/m0/s1. The van der Waals surface area contributed by atoms with E-state index >= 15 is 0 Å². The molecule has 0 saturated heterocycles. The van der Waals surface area contributed by atoms with E-state index in [1.807, 2.05) is 18.2 Å². The van der Waals surface area contributed by atoms with E-state index in [9.17, 15) is 9.59 Å². The third kappa shape index (κ3) is 3.34. The molecular weight excluding hydrogens is 244 g/mol. The summed E-state index contributed by atoms with van der Waals surface area (Å²) in [5.74, 6) is 0.783. The van der Waals surface area contributed by atoms with E-state index in [0.29, 0.717) is 12.8 Å². The van der Waals surface area contributed by atoms with Crippen molar-refractivity contribution < 1.29 is 18.7 Å². The number of furan rings is 1. The molecule has 19 heavy (non-hydrogen) atoms. The second-order valence-corrected chi connectivity index (χ2v) is 4.95. The van der Waals surface area contributed by atoms with Crippen LogP contribution in [0.5, 0.6) is 0 Å². The van der Waals surface area contributed by atoms with Gasteiger partial charge < -0.3 is 9.15 Å². The lowest BCUT2D eigenvalue weighted by Gasteiger charge is -2.32. The number of hydrogen-bond donors (Lipinski definition) is 0. The SMILES string of the molecule is C=C[C@H]1CC(=O)[C@H](OC(C)=O)C[C@@H]1Cc1ccco1. The molecule has 0 spiro atoms. The fourth-order valence-electron chi connectivity index (χ4n) is 2.62. The van der Waals surface area contributed by atoms with E-state index in [4.69, 9.17) is 9.15 Å². The molecule has 1 fully saturated rings. The lowest BCUT2D eigenvalue weighted by molar-refractivity contribution is -0.156. The number of allylic oxidation sites excluding steroid dienone is 1. The second kappa shape index (κ2) is 5.87. The zero-order valence-corrected chi connectivity index (χ0v) is 11.0. The molecule has 3 atom stereocenters. The Hall–Kier alpha value is -1.84. The van der Waals surface area contributed by atoms with Gasteiger partial charge in [-0.05, 0) is 30.4 Å². The molecule has 4 heteroatoms. The molecular formula is C15H18O4. The van der Waals surface area contributed by atoms with Crippen LogP contribution in [0, 0.1) is 11.8 Å². The van der Waals surface area contributed by atoms with Crippen LogP contribution >= 0.6 is 0 Å². The Bertz CT molecular complexity index is 460. The summed E-state index contributed by atoms with van der Waals surface area (Å²) in [6.07, 6.45) is 4.48. The summed E-state index contributed by atoms with van der Waals surface area (Å²) >= 11 is 0. The van der Waals surface area contributed by atoms with Crippen LogP contribution in [-0.2, 0) is 20.7 Å². The topological polar surface area (TPSA) is 56.5 Å². The smallest absolute Gasteiger partial charge is 0.303 e. The number of carbonyl (C=O) groups excluding carboxylic acids is 2. The van der Waals surface area contributed by atoms with Gasteiger partial charge in [0.2, 0.25) is 0 Å². The second-order valence-electron chi connectivity index (χ2n) is 4.95. The number of ether oxygens (including phenoxy) is 1. The van der Waals surface area contributed by atoms with E-state index < -0.39 is 12.1 Å². The van der Waals surface area contributed by atoms with Crippen LogP contribution in [0.3, 0.4) is 0 Å². The molecule has 0 unspecified atom stereocenters. The number of carbonyl (C=O) groups is 2. The maximum absolute atomic E-state index is 11.9. The Morgan fingerprint density at radius 3 is 3.00 bits per heavy atom. The minimum absolute atomic E-state index is 0.0178. The fraction of sp³-hybridized carbons (Fsp3) is 0.467. The highest BCUT2D eigenvalue weighted by molar-refractivity contribution is 5.86. The van der Waals surface area contributed by atoms with Gasteiger partial charge in [0, 0.05) is 19.8 Å². The molecule has 1 aromatic rings. The van der Waals surface area contributed by atoms with Crippen molar-refractivity contribution in [2.24, 2.45) is 11.8 Å². The van der Waals surface area contributed by atoms with Gasteiger partial charge in [0.1, 0.15) is 5.76 Å². The van der Waals surface area contributed by atoms with Crippen LogP contribution in [0.15, 0.2) is 35.5 Å². The first-order valence-corrected chi connectivity index (χ1v) is 6.45. The van der Waals surface area contributed by atoms with Crippen LogP contribution in [0.4, 0.5) is 0 Å². The maximum Gasteiger partial charge on any atom is 0.303 e. The van der Waals surface area contributed by atoms with Gasteiger partial charge in [-0.1, -0.05) is 6.08 Å². The molecule has 102 valence electrons. The average molecular weight is 262 g/mol. The summed E-state index contributed by atoms with van der Waals surface area (Å²) in [6, 6.07) is 3.76. The van der Waals surface area contributed by atoms with Crippen molar-refractivity contribution in [3.8, 4) is 0 Å². The molecule has 0 amide bonds. The van der Waals surface area contributed by atoms with Gasteiger partial charge in [-0.2, -0.15) is 0 Å². The highest BCUT2D eigenvalue weighted by Gasteiger charge is 2.36. The molecule has 0 bridgehead atoms. The maximum atomic E-state index is 11.9. The minimum atomic E-state index is -0.617. The third-order valence-corrected chi connectivity index (χ3v) is 3.57. The summed E-state index contributed by atoms with van der Waals surface area (Å²) in [5, 5.41) is 0. The van der Waals surface area contributed by atoms with Crippen molar-refractivity contribution in [2.45, 2.75) is 32.3 Å². The predicted molar refractivity (Wildman–Crippen MR) is 69.4 cm³/mol. The van der Waals surface area contributed by atoms with Gasteiger partial charge >= 0.3 is 5.97 Å². The van der Waals surface area contributed by atoms with E-state index in [0.717, 1.165) is 12.2 Å². The van der Waals surface area contributed by atoms with E-state index in [1.54, 1.807) is 6.26 Å². The largest absolute Gasteiger partial charge is 0.469 e. The lowest BCUT2D eigenvalue weighted by Crippen LogP contribution is -2.38. The predicted octanol–water partition coefficient (Wildman–Crippen LogP) is 2.54. The first-order valence-electron chi connectivity index (χ1n) is 6.45. The zero-order valence-electron chi connectivity index (χ0n) is 11.0. The van der Waals surface area contributed by atoms with Crippen molar-refractivity contribution in [2.75, 3.05) is 0 Å². The van der Waals surface area contributed by atoms with Crippen LogP contribution < -0.4 is 0 Å². The minimum Gasteiger partial charge on any atom is -0.469 e. The summed E-state index contributed by atoms with van der Waals surface area (Å²) in [7, 11) is 0. The molecule has 0 aliphatic heterocycles. The fourth-order valence-corrected chi connectivity index (χ4v) is 2.62. The molecule has 2 rings (SSSR count). The van der Waals surface area contributed by atoms with Crippen molar-refractivity contribution in [3.05, 3.63) is 36.8 Å². The first kappa shape index (κ1) is 13.6. The van der Waals surface area contributed by atoms with Crippen LogP contribution in [0.2, 0.25) is 0 Å². The Balaban J connectivity index is 2.07. The Kier molecular flexibility index (Phi) is 4.20. The number of ketones is 1. The van der Waals surface area contributed by atoms with E-state index in [2.05, 4.69) is 6.58 Å². The molecule has 0 radical (unpaired) electrons. The number of esters is 1. The summed E-state index contributed by atoms with van der Waals surface area (Å²) in [6.45, 7) is 5.12. The molecule has 1 aliphatic rings. The quantitative estimate of drug-likeness (QED) is 0.618. The molecule has 0 aromatic carbocycles. The molecule has 1 aromatic heterocycles. The Morgan fingerprint density at radius 2 is 2.42 bits per heavy atom. The average Bonchev–Trinajstić information content (AvgIpc) is 2.85. The van der Waals surface area contributed by atoms with Gasteiger partial charge in [-0.25, -0.2) is 0 Å². The van der Waals surface area contributed by atoms with Crippen molar-refractivity contribution >= 4 is 11.8 Å². The van der Waals surface area contributed by atoms with Crippen molar-refractivity contribution in [1.82, 2.24) is 0 Å². The van der Waals surface area contributed by atoms with Crippen molar-refractivity contribution in [1.29, 1.82) is 0 Å². The normalized spacial score (nSPS) is 27.0. The van der Waals surface area contributed by atoms with Gasteiger partial charge in [-0.3, -0.25) is 9.59 Å². The zero-order chi connectivity index (χ0) is 13.8. The molecule has 1 heterocycles. The summed E-state index contributed by atoms with van der Waals surface area (Å²) in [5.41, 5.74) is 0. The highest BCUT2D eigenvalue weighted by Crippen LogP contribution is 2.33.